The number of nitrogens with zero attached hydrogens (tertiary/aromatic N) is 4. The van der Waals surface area contributed by atoms with Crippen LogP contribution in [0.4, 0.5) is 0 Å². The van der Waals surface area contributed by atoms with Crippen molar-refractivity contribution >= 4 is 5.91 Å². The third-order valence-electron chi connectivity index (χ3n) is 6.05. The molecule has 1 atom stereocenters. The Morgan fingerprint density at radius 2 is 2.07 bits per heavy atom. The van der Waals surface area contributed by atoms with Crippen LogP contribution in [0.15, 0.2) is 53.7 Å². The first-order valence-electron chi connectivity index (χ1n) is 9.91. The second-order valence-electron chi connectivity index (χ2n) is 7.81. The number of hydrogen-bond acceptors (Lipinski definition) is 5. The summed E-state index contributed by atoms with van der Waals surface area (Å²) in [6, 6.07) is 9.09. The van der Waals surface area contributed by atoms with Crippen molar-refractivity contribution in [3.05, 3.63) is 76.2 Å². The van der Waals surface area contributed by atoms with Crippen molar-refractivity contribution in [2.24, 2.45) is 0 Å². The van der Waals surface area contributed by atoms with Gasteiger partial charge in [0.05, 0.1) is 5.69 Å². The summed E-state index contributed by atoms with van der Waals surface area (Å²) in [5, 5.41) is 0. The molecule has 0 saturated carbocycles. The third-order valence-corrected chi connectivity index (χ3v) is 6.05. The van der Waals surface area contributed by atoms with Gasteiger partial charge in [0.2, 0.25) is 0 Å². The Labute approximate surface area is 167 Å². The molecular weight excluding hydrogens is 366 g/mol. The van der Waals surface area contributed by atoms with E-state index in [0.717, 1.165) is 36.1 Å². The summed E-state index contributed by atoms with van der Waals surface area (Å²) in [7, 11) is 0. The monoisotopic (exact) mass is 387 g/mol. The van der Waals surface area contributed by atoms with Gasteiger partial charge in [0.1, 0.15) is 11.5 Å². The largest absolute Gasteiger partial charge is 0.336 e. The van der Waals surface area contributed by atoms with Gasteiger partial charge in [-0.15, -0.1) is 0 Å². The van der Waals surface area contributed by atoms with Gasteiger partial charge in [-0.1, -0.05) is 6.07 Å². The summed E-state index contributed by atoms with van der Waals surface area (Å²) in [6.45, 7) is 1.27. The Kier molecular flexibility index (Phi) is 4.23. The van der Waals surface area contributed by atoms with Gasteiger partial charge in [-0.05, 0) is 49.9 Å². The van der Waals surface area contributed by atoms with Crippen molar-refractivity contribution < 1.29 is 4.79 Å². The number of rotatable bonds is 2. The fraction of sp³-hybridized carbons (Fsp3) is 0.318. The molecule has 4 heterocycles. The molecule has 5 rings (SSSR count). The molecule has 1 fully saturated rings. The molecule has 1 aliphatic heterocycles. The van der Waals surface area contributed by atoms with Gasteiger partial charge in [-0.3, -0.25) is 19.6 Å². The highest BCUT2D eigenvalue weighted by atomic mass is 16.2. The number of carbonyl (C=O) groups is 1. The van der Waals surface area contributed by atoms with Crippen LogP contribution in [-0.2, 0) is 11.8 Å². The third kappa shape index (κ3) is 3.03. The molecule has 0 aromatic carbocycles. The number of nitrogens with one attached hydrogen (secondary N) is 1. The van der Waals surface area contributed by atoms with Crippen molar-refractivity contribution in [2.75, 3.05) is 13.1 Å². The minimum Gasteiger partial charge on any atom is -0.336 e. The maximum atomic E-state index is 13.0. The summed E-state index contributed by atoms with van der Waals surface area (Å²) < 4.78 is 0. The lowest BCUT2D eigenvalue weighted by Gasteiger charge is -2.40. The molecule has 1 aliphatic carbocycles. The number of amides is 1. The van der Waals surface area contributed by atoms with Gasteiger partial charge in [0, 0.05) is 48.2 Å². The van der Waals surface area contributed by atoms with E-state index in [-0.39, 0.29) is 16.9 Å². The van der Waals surface area contributed by atoms with Crippen LogP contribution < -0.4 is 5.56 Å². The van der Waals surface area contributed by atoms with Crippen LogP contribution in [0.2, 0.25) is 0 Å². The van der Waals surface area contributed by atoms with Crippen molar-refractivity contribution in [3.8, 4) is 11.4 Å². The second-order valence-corrected chi connectivity index (χ2v) is 7.81. The van der Waals surface area contributed by atoms with Crippen LogP contribution in [0.1, 0.15) is 41.0 Å². The Bertz CT molecular complexity index is 1110. The minimum atomic E-state index is -0.275. The van der Waals surface area contributed by atoms with Gasteiger partial charge >= 0.3 is 0 Å². The van der Waals surface area contributed by atoms with Crippen molar-refractivity contribution in [1.29, 1.82) is 0 Å². The summed E-state index contributed by atoms with van der Waals surface area (Å²) in [5.74, 6) is 0.478. The lowest BCUT2D eigenvalue weighted by molar-refractivity contribution is 0.0627. The lowest BCUT2D eigenvalue weighted by Crippen LogP contribution is -2.48. The summed E-state index contributed by atoms with van der Waals surface area (Å²) in [4.78, 5) is 43.7. The zero-order valence-corrected chi connectivity index (χ0v) is 16.0. The Morgan fingerprint density at radius 1 is 1.14 bits per heavy atom. The number of hydrogen-bond donors (Lipinski definition) is 1. The number of aromatic nitrogens is 4. The molecule has 7 nitrogen and oxygen atoms in total. The first kappa shape index (κ1) is 17.7. The smallest absolute Gasteiger partial charge is 0.272 e. The van der Waals surface area contributed by atoms with Gasteiger partial charge in [-0.25, -0.2) is 4.98 Å². The second kappa shape index (κ2) is 6.92. The van der Waals surface area contributed by atoms with Crippen molar-refractivity contribution in [1.82, 2.24) is 24.8 Å². The quantitative estimate of drug-likeness (QED) is 0.729. The lowest BCUT2D eigenvalue weighted by atomic mass is 9.77. The van der Waals surface area contributed by atoms with E-state index in [0.29, 0.717) is 31.0 Å². The van der Waals surface area contributed by atoms with Crippen molar-refractivity contribution in [3.63, 3.8) is 0 Å². The van der Waals surface area contributed by atoms with E-state index in [1.54, 1.807) is 30.7 Å². The SMILES string of the molecule is O=C(c1ccccn1)N1CCCC2(CCc3c2nc(-c2cccnc2)[nH]c3=O)C1. The molecule has 7 heteroatoms. The molecule has 1 unspecified atom stereocenters. The number of fused-ring (bicyclic) bond motifs is 2. The maximum absolute atomic E-state index is 13.0. The highest BCUT2D eigenvalue weighted by Gasteiger charge is 2.45. The molecule has 1 N–H and O–H groups in total. The molecular formula is C22H21N5O2. The molecule has 3 aromatic heterocycles. The Morgan fingerprint density at radius 3 is 2.86 bits per heavy atom. The van der Waals surface area contributed by atoms with E-state index in [9.17, 15) is 9.59 Å². The molecule has 1 saturated heterocycles. The average Bonchev–Trinajstić information content (AvgIpc) is 3.12. The zero-order valence-electron chi connectivity index (χ0n) is 16.0. The van der Waals surface area contributed by atoms with Crippen molar-refractivity contribution in [2.45, 2.75) is 31.1 Å². The topological polar surface area (TPSA) is 91.8 Å². The minimum absolute atomic E-state index is 0.0598. The van der Waals surface area contributed by atoms with Crippen LogP contribution in [-0.4, -0.2) is 43.8 Å². The molecule has 0 radical (unpaired) electrons. The van der Waals surface area contributed by atoms with E-state index >= 15 is 0 Å². The van der Waals surface area contributed by atoms with Gasteiger partial charge in [-0.2, -0.15) is 0 Å². The van der Waals surface area contributed by atoms with Crippen LogP contribution in [0, 0.1) is 0 Å². The van der Waals surface area contributed by atoms with E-state index < -0.39 is 0 Å². The number of likely N-dealkylation sites (tertiary alicyclic amines) is 1. The Hall–Kier alpha value is -3.35. The normalized spacial score (nSPS) is 20.6. The first-order chi connectivity index (χ1) is 14.2. The van der Waals surface area contributed by atoms with E-state index in [4.69, 9.17) is 4.98 Å². The molecule has 0 bridgehead atoms. The predicted molar refractivity (Wildman–Crippen MR) is 107 cm³/mol. The van der Waals surface area contributed by atoms with Gasteiger partial charge in [0.15, 0.2) is 0 Å². The van der Waals surface area contributed by atoms with E-state index in [1.807, 2.05) is 23.1 Å². The number of aromatic amines is 1. The molecule has 3 aromatic rings. The van der Waals surface area contributed by atoms with Crippen LogP contribution in [0.25, 0.3) is 11.4 Å². The highest BCUT2D eigenvalue weighted by molar-refractivity contribution is 5.92. The maximum Gasteiger partial charge on any atom is 0.272 e. The van der Waals surface area contributed by atoms with Gasteiger partial charge in [0.25, 0.3) is 11.5 Å². The fourth-order valence-corrected chi connectivity index (χ4v) is 4.64. The average molecular weight is 387 g/mol. The zero-order chi connectivity index (χ0) is 19.8. The fourth-order valence-electron chi connectivity index (χ4n) is 4.64. The van der Waals surface area contributed by atoms with Crippen LogP contribution >= 0.6 is 0 Å². The molecule has 2 aliphatic rings. The number of piperidine rings is 1. The van der Waals surface area contributed by atoms with E-state index in [1.165, 1.54) is 0 Å². The number of pyridine rings is 2. The summed E-state index contributed by atoms with van der Waals surface area (Å²) in [5.41, 5.74) is 2.48. The predicted octanol–water partition coefficient (Wildman–Crippen LogP) is 2.35. The standard InChI is InChI=1S/C22H21N5O2/c28-20-16-7-9-22(18(16)25-19(26-20)15-5-3-10-23-13-15)8-4-12-27(14-22)21(29)17-6-1-2-11-24-17/h1-3,5-6,10-11,13H,4,7-9,12,14H2,(H,25,26,28). The Balaban J connectivity index is 1.52. The molecule has 1 amide bonds. The van der Waals surface area contributed by atoms with Crippen LogP contribution in [0.3, 0.4) is 0 Å². The number of H-pyrrole nitrogens is 1. The first-order valence-corrected chi connectivity index (χ1v) is 9.91. The highest BCUT2D eigenvalue weighted by Crippen LogP contribution is 2.43. The van der Waals surface area contributed by atoms with E-state index in [2.05, 4.69) is 15.0 Å². The van der Waals surface area contributed by atoms with Gasteiger partial charge < -0.3 is 9.88 Å². The molecule has 146 valence electrons. The molecule has 29 heavy (non-hydrogen) atoms. The summed E-state index contributed by atoms with van der Waals surface area (Å²) in [6.07, 6.45) is 8.36. The van der Waals surface area contributed by atoms with Crippen LogP contribution in [0.5, 0.6) is 0 Å². The molecule has 1 spiro atoms. The summed E-state index contributed by atoms with van der Waals surface area (Å²) >= 11 is 0. The number of carbonyl (C=O) groups excluding carboxylic acids is 1.